The number of rotatable bonds is 17. The van der Waals surface area contributed by atoms with E-state index in [1.807, 2.05) is 0 Å². The first-order chi connectivity index (χ1) is 12.4. The second kappa shape index (κ2) is 22.5. The van der Waals surface area contributed by atoms with E-state index in [1.165, 1.54) is 90.0 Å². The zero-order valence-electron chi connectivity index (χ0n) is 18.8. The second-order valence-corrected chi connectivity index (χ2v) is 8.44. The van der Waals surface area contributed by atoms with E-state index in [1.54, 1.807) is 0 Å². The van der Waals surface area contributed by atoms with Crippen LogP contribution in [0.25, 0.3) is 0 Å². The van der Waals surface area contributed by atoms with Gasteiger partial charge in [-0.1, -0.05) is 97.8 Å². The molecule has 158 valence electrons. The first-order valence-electron chi connectivity index (χ1n) is 11.3. The number of carbonyl (C=O) groups is 1. The molecule has 2 N–H and O–H groups in total. The molecular formula is C23H50N2O. The molecule has 1 amide bonds. The van der Waals surface area contributed by atoms with Gasteiger partial charge in [-0.3, -0.25) is 4.79 Å². The van der Waals surface area contributed by atoms with Gasteiger partial charge < -0.3 is 10.6 Å². The summed E-state index contributed by atoms with van der Waals surface area (Å²) in [4.78, 5) is 12.7. The number of nitrogens with zero attached hydrogens (tertiary/aromatic N) is 1. The van der Waals surface area contributed by atoms with E-state index in [9.17, 15) is 4.79 Å². The third-order valence-corrected chi connectivity index (χ3v) is 4.63. The fourth-order valence-electron chi connectivity index (χ4n) is 3.07. The molecule has 0 rings (SSSR count). The van der Waals surface area contributed by atoms with Crippen LogP contribution in [-0.2, 0) is 4.79 Å². The van der Waals surface area contributed by atoms with Gasteiger partial charge in [-0.15, -0.1) is 0 Å². The molecule has 0 saturated carbocycles. The van der Waals surface area contributed by atoms with Crippen molar-refractivity contribution >= 4 is 5.91 Å². The lowest BCUT2D eigenvalue weighted by molar-refractivity contribution is -0.118. The highest BCUT2D eigenvalue weighted by atomic mass is 16.1. The normalized spacial score (nSPS) is 10.9. The minimum Gasteiger partial charge on any atom is -0.370 e. The third kappa shape index (κ3) is 31.2. The summed E-state index contributed by atoms with van der Waals surface area (Å²) in [6.45, 7) is 8.02. The number of nitrogens with two attached hydrogens (primary N) is 1. The SMILES string of the molecule is CC(C)CCCCCCCCCCCCCCC(N)=O.CCCN(C)C. The molecule has 0 radical (unpaired) electrons. The zero-order chi connectivity index (χ0) is 20.0. The Balaban J connectivity index is 0. The predicted octanol–water partition coefficient (Wildman–Crippen LogP) is 6.55. The maximum atomic E-state index is 10.6. The van der Waals surface area contributed by atoms with Crippen molar-refractivity contribution in [3.63, 3.8) is 0 Å². The quantitative estimate of drug-likeness (QED) is 0.295. The number of amides is 1. The molecule has 0 saturated heterocycles. The summed E-state index contributed by atoms with van der Waals surface area (Å²) in [5.41, 5.74) is 5.11. The van der Waals surface area contributed by atoms with Crippen LogP contribution in [0.2, 0.25) is 0 Å². The highest BCUT2D eigenvalue weighted by molar-refractivity contribution is 5.73. The van der Waals surface area contributed by atoms with Gasteiger partial charge in [-0.25, -0.2) is 0 Å². The average Bonchev–Trinajstić information content (AvgIpc) is 2.55. The monoisotopic (exact) mass is 370 g/mol. The molecule has 0 aliphatic rings. The molecule has 0 aromatic rings. The van der Waals surface area contributed by atoms with E-state index in [-0.39, 0.29) is 5.91 Å². The van der Waals surface area contributed by atoms with Crippen LogP contribution in [0.5, 0.6) is 0 Å². The van der Waals surface area contributed by atoms with Crippen LogP contribution in [0.4, 0.5) is 0 Å². The lowest BCUT2D eigenvalue weighted by atomic mass is 10.0. The van der Waals surface area contributed by atoms with Crippen molar-refractivity contribution in [2.45, 2.75) is 117 Å². The van der Waals surface area contributed by atoms with Gasteiger partial charge in [0, 0.05) is 6.42 Å². The minimum atomic E-state index is -0.154. The van der Waals surface area contributed by atoms with E-state index < -0.39 is 0 Å². The molecule has 0 spiro atoms. The van der Waals surface area contributed by atoms with Crippen molar-refractivity contribution in [3.05, 3.63) is 0 Å². The van der Waals surface area contributed by atoms with Gasteiger partial charge in [-0.05, 0) is 39.4 Å². The van der Waals surface area contributed by atoms with Crippen LogP contribution in [-0.4, -0.2) is 31.4 Å². The molecule has 0 aliphatic heterocycles. The Morgan fingerprint density at radius 3 is 1.42 bits per heavy atom. The highest BCUT2D eigenvalue weighted by Gasteiger charge is 1.96. The summed E-state index contributed by atoms with van der Waals surface area (Å²) >= 11 is 0. The van der Waals surface area contributed by atoms with Gasteiger partial charge >= 0.3 is 0 Å². The van der Waals surface area contributed by atoms with Gasteiger partial charge in [-0.2, -0.15) is 0 Å². The van der Waals surface area contributed by atoms with Gasteiger partial charge in [0.1, 0.15) is 0 Å². The number of hydrogen-bond donors (Lipinski definition) is 1. The Hall–Kier alpha value is -0.570. The van der Waals surface area contributed by atoms with Gasteiger partial charge in [0.2, 0.25) is 5.91 Å². The van der Waals surface area contributed by atoms with Gasteiger partial charge in [0.05, 0.1) is 0 Å². The molecule has 0 aromatic heterocycles. The van der Waals surface area contributed by atoms with Crippen molar-refractivity contribution in [3.8, 4) is 0 Å². The van der Waals surface area contributed by atoms with Crippen LogP contribution in [0.3, 0.4) is 0 Å². The zero-order valence-corrected chi connectivity index (χ0v) is 18.8. The number of hydrogen-bond acceptors (Lipinski definition) is 2. The fourth-order valence-corrected chi connectivity index (χ4v) is 3.07. The van der Waals surface area contributed by atoms with Gasteiger partial charge in [0.15, 0.2) is 0 Å². The topological polar surface area (TPSA) is 46.3 Å². The second-order valence-electron chi connectivity index (χ2n) is 8.44. The van der Waals surface area contributed by atoms with E-state index in [0.717, 1.165) is 12.3 Å². The van der Waals surface area contributed by atoms with E-state index in [4.69, 9.17) is 5.73 Å². The lowest BCUT2D eigenvalue weighted by Gasteiger charge is -2.04. The Kier molecular flexibility index (Phi) is 23.9. The minimum absolute atomic E-state index is 0.154. The summed E-state index contributed by atoms with van der Waals surface area (Å²) in [5.74, 6) is 0.719. The van der Waals surface area contributed by atoms with Crippen LogP contribution >= 0.6 is 0 Å². The average molecular weight is 371 g/mol. The molecule has 3 nitrogen and oxygen atoms in total. The smallest absolute Gasteiger partial charge is 0.217 e. The number of carbonyl (C=O) groups excluding carboxylic acids is 1. The van der Waals surface area contributed by atoms with E-state index in [0.29, 0.717) is 6.42 Å². The highest BCUT2D eigenvalue weighted by Crippen LogP contribution is 2.14. The number of primary amides is 1. The van der Waals surface area contributed by atoms with Crippen molar-refractivity contribution in [2.75, 3.05) is 20.6 Å². The number of unbranched alkanes of at least 4 members (excludes halogenated alkanes) is 11. The van der Waals surface area contributed by atoms with Crippen LogP contribution in [0.1, 0.15) is 117 Å². The molecule has 3 heteroatoms. The lowest BCUT2D eigenvalue weighted by Crippen LogP contribution is -2.11. The van der Waals surface area contributed by atoms with Crippen molar-refractivity contribution in [2.24, 2.45) is 11.7 Å². The molecule has 0 heterocycles. The Labute approximate surface area is 165 Å². The third-order valence-electron chi connectivity index (χ3n) is 4.63. The molecular weight excluding hydrogens is 320 g/mol. The maximum absolute atomic E-state index is 10.6. The van der Waals surface area contributed by atoms with Crippen molar-refractivity contribution < 1.29 is 4.79 Å². The molecule has 26 heavy (non-hydrogen) atoms. The largest absolute Gasteiger partial charge is 0.370 e. The molecule has 0 atom stereocenters. The van der Waals surface area contributed by atoms with Crippen molar-refractivity contribution in [1.82, 2.24) is 4.90 Å². The van der Waals surface area contributed by atoms with Crippen LogP contribution in [0.15, 0.2) is 0 Å². The molecule has 0 aliphatic carbocycles. The van der Waals surface area contributed by atoms with Crippen LogP contribution in [0, 0.1) is 5.92 Å². The summed E-state index contributed by atoms with van der Waals surface area (Å²) in [7, 11) is 4.17. The summed E-state index contributed by atoms with van der Waals surface area (Å²) in [6.07, 6.45) is 19.2. The maximum Gasteiger partial charge on any atom is 0.217 e. The molecule has 0 bridgehead atoms. The summed E-state index contributed by atoms with van der Waals surface area (Å²) in [5, 5.41) is 0. The molecule has 0 unspecified atom stereocenters. The summed E-state index contributed by atoms with van der Waals surface area (Å²) < 4.78 is 0. The van der Waals surface area contributed by atoms with Crippen molar-refractivity contribution in [1.29, 1.82) is 0 Å². The first-order valence-corrected chi connectivity index (χ1v) is 11.3. The molecule has 0 fully saturated rings. The first kappa shape index (κ1) is 27.6. The van der Waals surface area contributed by atoms with E-state index in [2.05, 4.69) is 39.8 Å². The van der Waals surface area contributed by atoms with Gasteiger partial charge in [0.25, 0.3) is 0 Å². The predicted molar refractivity (Wildman–Crippen MR) is 118 cm³/mol. The standard InChI is InChI=1S/C18H37NO.C5H13N/c1-17(2)15-13-11-9-7-5-3-4-6-8-10-12-14-16-18(19)20;1-4-5-6(2)3/h17H,3-16H2,1-2H3,(H2,19,20);4-5H2,1-3H3. The fraction of sp³-hybridized carbons (Fsp3) is 0.957. The Morgan fingerprint density at radius 1 is 0.769 bits per heavy atom. The summed E-state index contributed by atoms with van der Waals surface area (Å²) in [6, 6.07) is 0. The molecule has 0 aromatic carbocycles. The Morgan fingerprint density at radius 2 is 1.15 bits per heavy atom. The van der Waals surface area contributed by atoms with Crippen LogP contribution < -0.4 is 5.73 Å². The van der Waals surface area contributed by atoms with E-state index >= 15 is 0 Å². The Bertz CT molecular complexity index is 277.